The Morgan fingerprint density at radius 2 is 1.80 bits per heavy atom. The number of ketones is 1. The second kappa shape index (κ2) is 6.29. The summed E-state index contributed by atoms with van der Waals surface area (Å²) in [5, 5.41) is 0.480. The Labute approximate surface area is 130 Å². The number of methoxy groups -OCH3 is 2. The molecule has 0 atom stereocenters. The molecule has 0 N–H and O–H groups in total. The quantitative estimate of drug-likeness (QED) is 0.765. The average Bonchev–Trinajstić information content (AvgIpc) is 2.47. The van der Waals surface area contributed by atoms with Crippen LogP contribution in [-0.4, -0.2) is 20.0 Å². The van der Waals surface area contributed by atoms with Crippen LogP contribution < -0.4 is 9.47 Å². The van der Waals surface area contributed by atoms with Gasteiger partial charge in [0.05, 0.1) is 19.8 Å². The minimum Gasteiger partial charge on any atom is -0.497 e. The van der Waals surface area contributed by atoms with Gasteiger partial charge in [-0.05, 0) is 36.4 Å². The summed E-state index contributed by atoms with van der Waals surface area (Å²) >= 11 is 9.33. The van der Waals surface area contributed by atoms with Crippen molar-refractivity contribution in [2.45, 2.75) is 0 Å². The summed E-state index contributed by atoms with van der Waals surface area (Å²) in [6.45, 7) is 0. The lowest BCUT2D eigenvalue weighted by Gasteiger charge is -2.10. The molecule has 104 valence electrons. The van der Waals surface area contributed by atoms with E-state index in [0.717, 1.165) is 0 Å². The number of carbonyl (C=O) groups excluding carboxylic acids is 1. The molecule has 0 radical (unpaired) electrons. The van der Waals surface area contributed by atoms with Crippen molar-refractivity contribution in [3.05, 3.63) is 57.0 Å². The third kappa shape index (κ3) is 2.97. The van der Waals surface area contributed by atoms with Crippen molar-refractivity contribution in [1.82, 2.24) is 0 Å². The fourth-order valence-electron chi connectivity index (χ4n) is 1.81. The number of benzene rings is 2. The van der Waals surface area contributed by atoms with Crippen LogP contribution in [0.25, 0.3) is 0 Å². The van der Waals surface area contributed by atoms with E-state index in [-0.39, 0.29) is 5.78 Å². The van der Waals surface area contributed by atoms with Gasteiger partial charge in [-0.25, -0.2) is 0 Å². The lowest BCUT2D eigenvalue weighted by atomic mass is 10.0. The Kier molecular flexibility index (Phi) is 4.68. The van der Waals surface area contributed by atoms with E-state index in [1.807, 2.05) is 0 Å². The SMILES string of the molecule is COc1ccc(Br)c(C(=O)c2cc(Cl)ccc2OC)c1. The Hall–Kier alpha value is -1.52. The van der Waals surface area contributed by atoms with E-state index in [0.29, 0.717) is 32.1 Å². The maximum absolute atomic E-state index is 12.6. The van der Waals surface area contributed by atoms with Gasteiger partial charge in [0, 0.05) is 15.1 Å². The topological polar surface area (TPSA) is 35.5 Å². The highest BCUT2D eigenvalue weighted by molar-refractivity contribution is 9.10. The predicted molar refractivity (Wildman–Crippen MR) is 82.1 cm³/mol. The molecule has 0 aliphatic heterocycles. The highest BCUT2D eigenvalue weighted by Gasteiger charge is 2.18. The third-order valence-electron chi connectivity index (χ3n) is 2.82. The van der Waals surface area contributed by atoms with E-state index < -0.39 is 0 Å². The minimum absolute atomic E-state index is 0.185. The highest BCUT2D eigenvalue weighted by Crippen LogP contribution is 2.29. The maximum Gasteiger partial charge on any atom is 0.198 e. The van der Waals surface area contributed by atoms with E-state index >= 15 is 0 Å². The monoisotopic (exact) mass is 354 g/mol. The standard InChI is InChI=1S/C15H12BrClO3/c1-19-10-4-5-13(16)11(8-10)15(18)12-7-9(17)3-6-14(12)20-2/h3-8H,1-2H3. The van der Waals surface area contributed by atoms with Crippen LogP contribution >= 0.6 is 27.5 Å². The molecule has 0 saturated heterocycles. The van der Waals surface area contributed by atoms with Crippen LogP contribution in [0.2, 0.25) is 5.02 Å². The first-order chi connectivity index (χ1) is 9.56. The van der Waals surface area contributed by atoms with Crippen molar-refractivity contribution >= 4 is 33.3 Å². The van der Waals surface area contributed by atoms with Crippen LogP contribution in [0.1, 0.15) is 15.9 Å². The molecule has 0 saturated carbocycles. The van der Waals surface area contributed by atoms with Crippen LogP contribution in [0.5, 0.6) is 11.5 Å². The molecule has 0 spiro atoms. The maximum atomic E-state index is 12.6. The second-order valence-electron chi connectivity index (χ2n) is 4.02. The fraction of sp³-hybridized carbons (Fsp3) is 0.133. The molecule has 20 heavy (non-hydrogen) atoms. The highest BCUT2D eigenvalue weighted by atomic mass is 79.9. The lowest BCUT2D eigenvalue weighted by Crippen LogP contribution is -2.05. The molecule has 0 aromatic heterocycles. The molecule has 0 amide bonds. The first-order valence-electron chi connectivity index (χ1n) is 5.78. The number of hydrogen-bond donors (Lipinski definition) is 0. The fourth-order valence-corrected chi connectivity index (χ4v) is 2.41. The Balaban J connectivity index is 2.53. The molecular weight excluding hydrogens is 344 g/mol. The van der Waals surface area contributed by atoms with Crippen LogP contribution in [0.3, 0.4) is 0 Å². The Bertz CT molecular complexity index is 656. The first kappa shape index (κ1) is 14.9. The molecule has 3 nitrogen and oxygen atoms in total. The van der Waals surface area contributed by atoms with Crippen molar-refractivity contribution in [3.63, 3.8) is 0 Å². The van der Waals surface area contributed by atoms with Crippen molar-refractivity contribution in [2.75, 3.05) is 14.2 Å². The van der Waals surface area contributed by atoms with Gasteiger partial charge in [-0.2, -0.15) is 0 Å². The zero-order chi connectivity index (χ0) is 14.7. The van der Waals surface area contributed by atoms with E-state index in [9.17, 15) is 4.79 Å². The van der Waals surface area contributed by atoms with E-state index in [2.05, 4.69) is 15.9 Å². The first-order valence-corrected chi connectivity index (χ1v) is 6.95. The summed E-state index contributed by atoms with van der Waals surface area (Å²) in [6.07, 6.45) is 0. The lowest BCUT2D eigenvalue weighted by molar-refractivity contribution is 0.103. The van der Waals surface area contributed by atoms with Gasteiger partial charge in [0.15, 0.2) is 5.78 Å². The van der Waals surface area contributed by atoms with E-state index in [4.69, 9.17) is 21.1 Å². The molecular formula is C15H12BrClO3. The molecule has 0 aliphatic carbocycles. The van der Waals surface area contributed by atoms with Gasteiger partial charge in [0.2, 0.25) is 0 Å². The predicted octanol–water partition coefficient (Wildman–Crippen LogP) is 4.35. The zero-order valence-electron chi connectivity index (χ0n) is 10.9. The van der Waals surface area contributed by atoms with Gasteiger partial charge in [0.25, 0.3) is 0 Å². The van der Waals surface area contributed by atoms with Gasteiger partial charge in [-0.3, -0.25) is 4.79 Å². The van der Waals surface area contributed by atoms with Crippen LogP contribution in [0, 0.1) is 0 Å². The van der Waals surface area contributed by atoms with E-state index in [1.165, 1.54) is 7.11 Å². The second-order valence-corrected chi connectivity index (χ2v) is 5.31. The van der Waals surface area contributed by atoms with Gasteiger partial charge >= 0.3 is 0 Å². The Morgan fingerprint density at radius 3 is 2.45 bits per heavy atom. The largest absolute Gasteiger partial charge is 0.497 e. The van der Waals surface area contributed by atoms with E-state index in [1.54, 1.807) is 43.5 Å². The zero-order valence-corrected chi connectivity index (χ0v) is 13.3. The van der Waals surface area contributed by atoms with Gasteiger partial charge in [0.1, 0.15) is 11.5 Å². The van der Waals surface area contributed by atoms with Crippen molar-refractivity contribution in [1.29, 1.82) is 0 Å². The summed E-state index contributed by atoms with van der Waals surface area (Å²) < 4.78 is 11.0. The molecule has 5 heteroatoms. The number of ether oxygens (including phenoxy) is 2. The van der Waals surface area contributed by atoms with Crippen LogP contribution in [0.15, 0.2) is 40.9 Å². The normalized spacial score (nSPS) is 10.2. The third-order valence-corrected chi connectivity index (χ3v) is 3.75. The van der Waals surface area contributed by atoms with Gasteiger partial charge in [-0.1, -0.05) is 27.5 Å². The Morgan fingerprint density at radius 1 is 1.05 bits per heavy atom. The molecule has 0 aliphatic rings. The molecule has 0 unspecified atom stereocenters. The summed E-state index contributed by atoms with van der Waals surface area (Å²) in [5.74, 6) is 0.904. The van der Waals surface area contributed by atoms with Crippen molar-refractivity contribution in [3.8, 4) is 11.5 Å². The summed E-state index contributed by atoms with van der Waals surface area (Å²) in [4.78, 5) is 12.6. The van der Waals surface area contributed by atoms with Gasteiger partial charge < -0.3 is 9.47 Å². The number of hydrogen-bond acceptors (Lipinski definition) is 3. The molecule has 0 bridgehead atoms. The molecule has 0 fully saturated rings. The minimum atomic E-state index is -0.185. The number of halogens is 2. The molecule has 2 rings (SSSR count). The molecule has 2 aromatic rings. The number of carbonyl (C=O) groups is 1. The summed E-state index contributed by atoms with van der Waals surface area (Å²) in [5.41, 5.74) is 0.902. The molecule has 2 aromatic carbocycles. The smallest absolute Gasteiger partial charge is 0.198 e. The number of rotatable bonds is 4. The average molecular weight is 356 g/mol. The van der Waals surface area contributed by atoms with Crippen molar-refractivity contribution < 1.29 is 14.3 Å². The van der Waals surface area contributed by atoms with Gasteiger partial charge in [-0.15, -0.1) is 0 Å². The summed E-state index contributed by atoms with van der Waals surface area (Å²) in [6, 6.07) is 10.2. The summed E-state index contributed by atoms with van der Waals surface area (Å²) in [7, 11) is 3.07. The van der Waals surface area contributed by atoms with Crippen LogP contribution in [-0.2, 0) is 0 Å². The molecule has 0 heterocycles. The van der Waals surface area contributed by atoms with Crippen LogP contribution in [0.4, 0.5) is 0 Å². The van der Waals surface area contributed by atoms with Crippen molar-refractivity contribution in [2.24, 2.45) is 0 Å².